The zero-order chi connectivity index (χ0) is 23.1. The monoisotopic (exact) mass is 479 g/mol. The molecule has 0 aliphatic rings. The summed E-state index contributed by atoms with van der Waals surface area (Å²) in [6.45, 7) is 3.17. The SMILES string of the molecule is CCCCCn1c(=O)n(CCCCC(=O)NCc2cccc(Cl)c2)c(=O)c2[nH]c(Cl)nc21. The topological polar surface area (TPSA) is 102 Å². The first kappa shape index (κ1) is 24.1. The molecule has 2 heterocycles. The number of fused-ring (bicyclic) bond motifs is 1. The number of carbonyl (C=O) groups excluding carboxylic acids is 1. The molecule has 0 bridgehead atoms. The fraction of sp³-hybridized carbons (Fsp3) is 0.455. The van der Waals surface area contributed by atoms with Crippen molar-refractivity contribution in [2.24, 2.45) is 0 Å². The first-order valence-electron chi connectivity index (χ1n) is 10.8. The summed E-state index contributed by atoms with van der Waals surface area (Å²) in [5, 5.41) is 3.55. The molecule has 3 rings (SSSR count). The summed E-state index contributed by atoms with van der Waals surface area (Å²) >= 11 is 11.9. The highest BCUT2D eigenvalue weighted by molar-refractivity contribution is 6.30. The highest BCUT2D eigenvalue weighted by atomic mass is 35.5. The molecule has 0 saturated carbocycles. The highest BCUT2D eigenvalue weighted by Crippen LogP contribution is 2.12. The number of rotatable bonds is 11. The van der Waals surface area contributed by atoms with Crippen molar-refractivity contribution < 1.29 is 4.79 Å². The molecular formula is C22H27Cl2N5O3. The van der Waals surface area contributed by atoms with Crippen molar-refractivity contribution in [3.8, 4) is 0 Å². The number of unbranched alkanes of at least 4 members (excludes halogenated alkanes) is 3. The van der Waals surface area contributed by atoms with Crippen molar-refractivity contribution in [2.45, 2.75) is 65.1 Å². The number of aromatic amines is 1. The highest BCUT2D eigenvalue weighted by Gasteiger charge is 2.16. The van der Waals surface area contributed by atoms with Crippen LogP contribution >= 0.6 is 23.2 Å². The molecule has 0 spiro atoms. The largest absolute Gasteiger partial charge is 0.352 e. The first-order valence-corrected chi connectivity index (χ1v) is 11.6. The van der Waals surface area contributed by atoms with E-state index >= 15 is 0 Å². The lowest BCUT2D eigenvalue weighted by molar-refractivity contribution is -0.121. The quantitative estimate of drug-likeness (QED) is 0.321. The van der Waals surface area contributed by atoms with E-state index in [0.29, 0.717) is 37.4 Å². The maximum absolute atomic E-state index is 13.0. The van der Waals surface area contributed by atoms with Crippen LogP contribution in [0.25, 0.3) is 11.2 Å². The predicted molar refractivity (Wildman–Crippen MR) is 126 cm³/mol. The van der Waals surface area contributed by atoms with Crippen molar-refractivity contribution in [1.29, 1.82) is 0 Å². The Balaban J connectivity index is 1.61. The second-order valence-corrected chi connectivity index (χ2v) is 8.48. The lowest BCUT2D eigenvalue weighted by Crippen LogP contribution is -2.40. The van der Waals surface area contributed by atoms with Gasteiger partial charge >= 0.3 is 5.69 Å². The van der Waals surface area contributed by atoms with Crippen molar-refractivity contribution >= 4 is 40.3 Å². The van der Waals surface area contributed by atoms with Crippen LogP contribution < -0.4 is 16.6 Å². The molecule has 0 fully saturated rings. The number of hydrogen-bond acceptors (Lipinski definition) is 4. The van der Waals surface area contributed by atoms with Crippen LogP contribution in [0, 0.1) is 0 Å². The first-order chi connectivity index (χ1) is 15.4. The van der Waals surface area contributed by atoms with Crippen LogP contribution in [-0.2, 0) is 24.4 Å². The number of amides is 1. The van der Waals surface area contributed by atoms with E-state index < -0.39 is 11.2 Å². The van der Waals surface area contributed by atoms with Crippen LogP contribution in [0.1, 0.15) is 51.0 Å². The van der Waals surface area contributed by atoms with Gasteiger partial charge in [0.2, 0.25) is 11.2 Å². The smallest absolute Gasteiger partial charge is 0.332 e. The molecule has 32 heavy (non-hydrogen) atoms. The molecule has 0 aliphatic carbocycles. The van der Waals surface area contributed by atoms with E-state index in [1.807, 2.05) is 12.1 Å². The molecule has 10 heteroatoms. The summed E-state index contributed by atoms with van der Waals surface area (Å²) in [6, 6.07) is 7.31. The number of imidazole rings is 1. The van der Waals surface area contributed by atoms with E-state index in [1.165, 1.54) is 9.13 Å². The van der Waals surface area contributed by atoms with Gasteiger partial charge in [-0.15, -0.1) is 0 Å². The average Bonchev–Trinajstić information content (AvgIpc) is 3.16. The van der Waals surface area contributed by atoms with Gasteiger partial charge in [-0.3, -0.25) is 18.7 Å². The molecule has 0 saturated heterocycles. The second-order valence-electron chi connectivity index (χ2n) is 7.69. The van der Waals surface area contributed by atoms with E-state index in [4.69, 9.17) is 23.2 Å². The molecule has 1 amide bonds. The van der Waals surface area contributed by atoms with Crippen LogP contribution in [0.15, 0.2) is 33.9 Å². The molecule has 0 aliphatic heterocycles. The third-order valence-corrected chi connectivity index (χ3v) is 5.65. The second kappa shape index (κ2) is 11.3. The number of carbonyl (C=O) groups is 1. The Morgan fingerprint density at radius 1 is 1.09 bits per heavy atom. The van der Waals surface area contributed by atoms with Gasteiger partial charge in [-0.25, -0.2) is 4.79 Å². The number of H-pyrrole nitrogens is 1. The van der Waals surface area contributed by atoms with Gasteiger partial charge in [-0.2, -0.15) is 4.98 Å². The Bertz CT molecular complexity index is 1200. The maximum atomic E-state index is 13.0. The Morgan fingerprint density at radius 2 is 1.84 bits per heavy atom. The molecule has 172 valence electrons. The van der Waals surface area contributed by atoms with Gasteiger partial charge in [0, 0.05) is 31.1 Å². The van der Waals surface area contributed by atoms with Gasteiger partial charge in [-0.1, -0.05) is 43.5 Å². The minimum Gasteiger partial charge on any atom is -0.352 e. The van der Waals surface area contributed by atoms with Gasteiger partial charge in [-0.05, 0) is 48.6 Å². The molecular weight excluding hydrogens is 453 g/mol. The molecule has 2 aromatic heterocycles. The third-order valence-electron chi connectivity index (χ3n) is 5.23. The summed E-state index contributed by atoms with van der Waals surface area (Å²) in [4.78, 5) is 44.8. The normalized spacial score (nSPS) is 11.2. The van der Waals surface area contributed by atoms with Crippen molar-refractivity contribution in [3.63, 3.8) is 0 Å². The van der Waals surface area contributed by atoms with Crippen LogP contribution in [-0.4, -0.2) is 25.0 Å². The lowest BCUT2D eigenvalue weighted by atomic mass is 10.2. The Kier molecular flexibility index (Phi) is 8.53. The number of benzene rings is 1. The van der Waals surface area contributed by atoms with Gasteiger partial charge in [0.25, 0.3) is 5.56 Å². The third kappa shape index (κ3) is 6.01. The zero-order valence-corrected chi connectivity index (χ0v) is 19.5. The van der Waals surface area contributed by atoms with E-state index in [-0.39, 0.29) is 28.9 Å². The van der Waals surface area contributed by atoms with Gasteiger partial charge in [0.05, 0.1) is 0 Å². The molecule has 1 aromatic carbocycles. The molecule has 0 radical (unpaired) electrons. The summed E-state index contributed by atoms with van der Waals surface area (Å²) in [6.07, 6.45) is 4.15. The average molecular weight is 480 g/mol. The van der Waals surface area contributed by atoms with E-state index in [2.05, 4.69) is 22.2 Å². The number of hydrogen-bond donors (Lipinski definition) is 2. The summed E-state index contributed by atoms with van der Waals surface area (Å²) in [5.74, 6) is -0.0925. The van der Waals surface area contributed by atoms with Crippen LogP contribution in [0.3, 0.4) is 0 Å². The van der Waals surface area contributed by atoms with Gasteiger partial charge in [0.15, 0.2) is 11.2 Å². The van der Waals surface area contributed by atoms with Crippen LogP contribution in [0.5, 0.6) is 0 Å². The van der Waals surface area contributed by atoms with Crippen molar-refractivity contribution in [3.05, 3.63) is 61.0 Å². The minimum absolute atomic E-state index is 0.0786. The number of aromatic nitrogens is 4. The fourth-order valence-electron chi connectivity index (χ4n) is 3.55. The number of halogens is 2. The summed E-state index contributed by atoms with van der Waals surface area (Å²) < 4.78 is 2.71. The van der Waals surface area contributed by atoms with Gasteiger partial charge < -0.3 is 10.3 Å². The fourth-order valence-corrected chi connectivity index (χ4v) is 3.94. The number of aryl methyl sites for hydroxylation is 1. The van der Waals surface area contributed by atoms with Crippen LogP contribution in [0.4, 0.5) is 0 Å². The summed E-state index contributed by atoms with van der Waals surface area (Å²) in [7, 11) is 0. The molecule has 0 atom stereocenters. The maximum Gasteiger partial charge on any atom is 0.332 e. The van der Waals surface area contributed by atoms with Crippen LogP contribution in [0.2, 0.25) is 10.3 Å². The molecule has 0 unspecified atom stereocenters. The van der Waals surface area contributed by atoms with E-state index in [1.54, 1.807) is 12.1 Å². The molecule has 8 nitrogen and oxygen atoms in total. The Morgan fingerprint density at radius 3 is 2.59 bits per heavy atom. The predicted octanol–water partition coefficient (Wildman–Crippen LogP) is 3.87. The number of nitrogens with zero attached hydrogens (tertiary/aromatic N) is 3. The van der Waals surface area contributed by atoms with E-state index in [9.17, 15) is 14.4 Å². The Labute approximate surface area is 195 Å². The standard InChI is InChI=1S/C22H27Cl2N5O3/c1-2-3-5-11-28-19-18(26-21(24)27-19)20(31)29(22(28)32)12-6-4-10-17(30)25-14-15-8-7-9-16(23)13-15/h7-9,13H,2-6,10-12,14H2,1H3,(H,25,30)(H,26,27). The molecule has 2 N–H and O–H groups in total. The summed E-state index contributed by atoms with van der Waals surface area (Å²) in [5.41, 5.74) is 0.601. The number of nitrogens with one attached hydrogen (secondary N) is 2. The molecule has 3 aromatic rings. The Hall–Kier alpha value is -2.58. The lowest BCUT2D eigenvalue weighted by Gasteiger charge is -2.11. The zero-order valence-electron chi connectivity index (χ0n) is 18.0. The van der Waals surface area contributed by atoms with Crippen molar-refractivity contribution in [1.82, 2.24) is 24.4 Å². The van der Waals surface area contributed by atoms with E-state index in [0.717, 1.165) is 24.8 Å². The van der Waals surface area contributed by atoms with Crippen molar-refractivity contribution in [2.75, 3.05) is 0 Å². The minimum atomic E-state index is -0.443. The van der Waals surface area contributed by atoms with Gasteiger partial charge in [0.1, 0.15) is 0 Å².